The number of nitrogens with zero attached hydrogens (tertiary/aromatic N) is 1. The molecule has 16 heavy (non-hydrogen) atoms. The van der Waals surface area contributed by atoms with Gasteiger partial charge in [-0.3, -0.25) is 9.69 Å². The van der Waals surface area contributed by atoms with Crippen LogP contribution in [0.5, 0.6) is 0 Å². The van der Waals surface area contributed by atoms with Crippen molar-refractivity contribution in [1.29, 1.82) is 0 Å². The number of hydrogen-bond donors (Lipinski definition) is 2. The maximum absolute atomic E-state index is 11.7. The molecule has 0 aliphatic rings. The molecular weight excluding hydrogens is 224 g/mol. The Kier molecular flexibility index (Phi) is 7.80. The number of aliphatic hydroxyl groups excluding tert-OH is 1. The van der Waals surface area contributed by atoms with Crippen LogP contribution in [0.3, 0.4) is 0 Å². The average molecular weight is 248 g/mol. The van der Waals surface area contributed by atoms with Gasteiger partial charge in [-0.2, -0.15) is 11.8 Å². The van der Waals surface area contributed by atoms with Crippen LogP contribution in [0.4, 0.5) is 0 Å². The maximum Gasteiger partial charge on any atom is 0.234 e. The Bertz CT molecular complexity index is 208. The maximum atomic E-state index is 11.7. The SMILES string of the molecule is CSC(CO)C(C)NC(=O)CN(C)C(C)C. The van der Waals surface area contributed by atoms with E-state index in [1.807, 2.05) is 25.1 Å². The molecule has 0 aromatic rings. The van der Waals surface area contributed by atoms with Crippen LogP contribution in [0.25, 0.3) is 0 Å². The van der Waals surface area contributed by atoms with Gasteiger partial charge in [0.2, 0.25) is 5.91 Å². The molecule has 0 heterocycles. The van der Waals surface area contributed by atoms with Crippen molar-refractivity contribution in [2.24, 2.45) is 0 Å². The monoisotopic (exact) mass is 248 g/mol. The summed E-state index contributed by atoms with van der Waals surface area (Å²) in [5.74, 6) is 0.0104. The van der Waals surface area contributed by atoms with Crippen molar-refractivity contribution in [3.05, 3.63) is 0 Å². The molecule has 0 aromatic carbocycles. The zero-order valence-electron chi connectivity index (χ0n) is 10.9. The predicted octanol–water partition coefficient (Wildman–Crippen LogP) is 0.555. The highest BCUT2D eigenvalue weighted by Crippen LogP contribution is 2.10. The van der Waals surface area contributed by atoms with Crippen molar-refractivity contribution in [3.63, 3.8) is 0 Å². The summed E-state index contributed by atoms with van der Waals surface area (Å²) in [6.07, 6.45) is 1.93. The van der Waals surface area contributed by atoms with E-state index in [-0.39, 0.29) is 23.8 Å². The van der Waals surface area contributed by atoms with E-state index >= 15 is 0 Å². The summed E-state index contributed by atoms with van der Waals surface area (Å²) >= 11 is 1.57. The molecule has 0 spiro atoms. The van der Waals surface area contributed by atoms with Crippen molar-refractivity contribution in [1.82, 2.24) is 10.2 Å². The molecule has 0 fully saturated rings. The summed E-state index contributed by atoms with van der Waals surface area (Å²) in [5.41, 5.74) is 0. The first-order valence-electron chi connectivity index (χ1n) is 5.55. The number of thioether (sulfide) groups is 1. The molecule has 0 bridgehead atoms. The fraction of sp³-hybridized carbons (Fsp3) is 0.909. The van der Waals surface area contributed by atoms with Crippen LogP contribution in [0.15, 0.2) is 0 Å². The summed E-state index contributed by atoms with van der Waals surface area (Å²) in [7, 11) is 1.92. The lowest BCUT2D eigenvalue weighted by Gasteiger charge is -2.24. The molecule has 0 rings (SSSR count). The third-order valence-electron chi connectivity index (χ3n) is 2.70. The van der Waals surface area contributed by atoms with Crippen molar-refractivity contribution < 1.29 is 9.90 Å². The number of rotatable bonds is 7. The molecule has 0 aromatic heterocycles. The summed E-state index contributed by atoms with van der Waals surface area (Å²) < 4.78 is 0. The second kappa shape index (κ2) is 7.92. The molecule has 2 unspecified atom stereocenters. The zero-order chi connectivity index (χ0) is 12.7. The Balaban J connectivity index is 4.04. The number of hydrogen-bond acceptors (Lipinski definition) is 4. The van der Waals surface area contributed by atoms with Gasteiger partial charge in [0.15, 0.2) is 0 Å². The molecule has 0 radical (unpaired) electrons. The molecule has 5 heteroatoms. The number of amides is 1. The van der Waals surface area contributed by atoms with Crippen LogP contribution in [0, 0.1) is 0 Å². The van der Waals surface area contributed by atoms with E-state index in [9.17, 15) is 4.79 Å². The van der Waals surface area contributed by atoms with E-state index in [2.05, 4.69) is 19.2 Å². The summed E-state index contributed by atoms with van der Waals surface area (Å²) in [6, 6.07) is 0.350. The normalized spacial score (nSPS) is 15.2. The van der Waals surface area contributed by atoms with Gasteiger partial charge in [0.25, 0.3) is 0 Å². The summed E-state index contributed by atoms with van der Waals surface area (Å²) in [5, 5.41) is 12.1. The zero-order valence-corrected chi connectivity index (χ0v) is 11.7. The number of nitrogens with one attached hydrogen (secondary N) is 1. The van der Waals surface area contributed by atoms with Crippen molar-refractivity contribution in [2.45, 2.75) is 38.1 Å². The number of aliphatic hydroxyl groups is 1. The lowest BCUT2D eigenvalue weighted by Crippen LogP contribution is -2.46. The fourth-order valence-electron chi connectivity index (χ4n) is 1.24. The highest BCUT2D eigenvalue weighted by Gasteiger charge is 2.18. The van der Waals surface area contributed by atoms with E-state index in [1.165, 1.54) is 0 Å². The van der Waals surface area contributed by atoms with Gasteiger partial charge >= 0.3 is 0 Å². The van der Waals surface area contributed by atoms with Gasteiger partial charge in [0.05, 0.1) is 13.2 Å². The first-order valence-corrected chi connectivity index (χ1v) is 6.84. The van der Waals surface area contributed by atoms with Gasteiger partial charge in [-0.1, -0.05) is 0 Å². The molecule has 1 amide bonds. The minimum atomic E-state index is -0.00642. The first-order chi connectivity index (χ1) is 7.42. The number of carbonyl (C=O) groups excluding carboxylic acids is 1. The quantitative estimate of drug-likeness (QED) is 0.691. The Hall–Kier alpha value is -0.260. The van der Waals surface area contributed by atoms with Gasteiger partial charge in [-0.25, -0.2) is 0 Å². The third kappa shape index (κ3) is 5.72. The third-order valence-corrected chi connectivity index (χ3v) is 3.87. The standard InChI is InChI=1S/C11H24N2O2S/c1-8(2)13(4)6-11(15)12-9(3)10(7-14)16-5/h8-10,14H,6-7H2,1-5H3,(H,12,15). The first kappa shape index (κ1) is 15.7. The smallest absolute Gasteiger partial charge is 0.234 e. The Labute approximate surface area is 103 Å². The van der Waals surface area contributed by atoms with Crippen LogP contribution in [0.2, 0.25) is 0 Å². The lowest BCUT2D eigenvalue weighted by molar-refractivity contribution is -0.122. The molecule has 0 aliphatic carbocycles. The fourth-order valence-corrected chi connectivity index (χ4v) is 1.86. The summed E-state index contributed by atoms with van der Waals surface area (Å²) in [4.78, 5) is 13.6. The topological polar surface area (TPSA) is 52.6 Å². The van der Waals surface area contributed by atoms with E-state index in [0.29, 0.717) is 12.6 Å². The Morgan fingerprint density at radius 1 is 1.44 bits per heavy atom. The lowest BCUT2D eigenvalue weighted by atomic mass is 10.2. The number of carbonyl (C=O) groups is 1. The number of likely N-dealkylation sites (N-methyl/N-ethyl adjacent to an activating group) is 1. The minimum Gasteiger partial charge on any atom is -0.395 e. The van der Waals surface area contributed by atoms with E-state index < -0.39 is 0 Å². The second-order valence-electron chi connectivity index (χ2n) is 4.32. The Morgan fingerprint density at radius 2 is 2.00 bits per heavy atom. The van der Waals surface area contributed by atoms with Crippen LogP contribution >= 0.6 is 11.8 Å². The van der Waals surface area contributed by atoms with Crippen molar-refractivity contribution >= 4 is 17.7 Å². The van der Waals surface area contributed by atoms with Gasteiger partial charge in [0.1, 0.15) is 0 Å². The molecule has 2 N–H and O–H groups in total. The van der Waals surface area contributed by atoms with Gasteiger partial charge in [-0.05, 0) is 34.1 Å². The molecule has 0 saturated heterocycles. The Morgan fingerprint density at radius 3 is 2.38 bits per heavy atom. The minimum absolute atomic E-state index is 0.00642. The van der Waals surface area contributed by atoms with Crippen LogP contribution in [0.1, 0.15) is 20.8 Å². The summed E-state index contributed by atoms with van der Waals surface area (Å²) in [6.45, 7) is 6.51. The van der Waals surface area contributed by atoms with E-state index in [1.54, 1.807) is 11.8 Å². The largest absolute Gasteiger partial charge is 0.395 e. The van der Waals surface area contributed by atoms with Crippen LogP contribution < -0.4 is 5.32 Å². The molecule has 4 nitrogen and oxygen atoms in total. The highest BCUT2D eigenvalue weighted by atomic mass is 32.2. The van der Waals surface area contributed by atoms with E-state index in [4.69, 9.17) is 5.11 Å². The molecule has 96 valence electrons. The molecular formula is C11H24N2O2S. The second-order valence-corrected chi connectivity index (χ2v) is 5.40. The van der Waals surface area contributed by atoms with Crippen molar-refractivity contribution in [3.8, 4) is 0 Å². The van der Waals surface area contributed by atoms with Crippen molar-refractivity contribution in [2.75, 3.05) is 26.5 Å². The average Bonchev–Trinajstić information content (AvgIpc) is 2.18. The molecule has 0 aliphatic heterocycles. The van der Waals surface area contributed by atoms with E-state index in [0.717, 1.165) is 0 Å². The van der Waals surface area contributed by atoms with Crippen LogP contribution in [-0.4, -0.2) is 59.7 Å². The highest BCUT2D eigenvalue weighted by molar-refractivity contribution is 7.99. The molecule has 2 atom stereocenters. The predicted molar refractivity (Wildman–Crippen MR) is 69.8 cm³/mol. The van der Waals surface area contributed by atoms with Gasteiger partial charge < -0.3 is 10.4 Å². The van der Waals surface area contributed by atoms with Crippen LogP contribution in [-0.2, 0) is 4.79 Å². The van der Waals surface area contributed by atoms with Gasteiger partial charge in [0, 0.05) is 17.3 Å². The molecule has 0 saturated carbocycles. The van der Waals surface area contributed by atoms with Gasteiger partial charge in [-0.15, -0.1) is 0 Å².